The minimum Gasteiger partial charge on any atom is -0.497 e. The molecule has 0 unspecified atom stereocenters. The van der Waals surface area contributed by atoms with E-state index in [1.165, 1.54) is 6.92 Å². The Bertz CT molecular complexity index is 1240. The number of hydrogen-bond donors (Lipinski definition) is 4. The van der Waals surface area contributed by atoms with Gasteiger partial charge in [0.05, 0.1) is 26.2 Å². The van der Waals surface area contributed by atoms with Gasteiger partial charge < -0.3 is 30.2 Å². The second-order valence-corrected chi connectivity index (χ2v) is 7.88. The number of nitrogens with one attached hydrogen (secondary N) is 3. The molecule has 0 saturated carbocycles. The zero-order valence-electron chi connectivity index (χ0n) is 19.9. The first kappa shape index (κ1) is 25.9. The number of carboxylic acid groups (broad SMARTS) is 1. The van der Waals surface area contributed by atoms with Crippen LogP contribution in [-0.4, -0.2) is 53.6 Å². The van der Waals surface area contributed by atoms with Gasteiger partial charge in [0.25, 0.3) is 17.4 Å². The number of nitrogens with zero attached hydrogens (tertiary/aromatic N) is 1. The second-order valence-electron chi connectivity index (χ2n) is 7.88. The molecule has 0 aliphatic carbocycles. The summed E-state index contributed by atoms with van der Waals surface area (Å²) in [6, 6.07) is 13.6. The standard InChI is InChI=1S/C25H26N4O7/c1-14(25(33)34)12-27-24(32)21-26-13-19(23(31)29-21)22(30)28-20(15-4-8-17(35-2)9-5-15)16-6-10-18(36-3)11-7-16/h4-11,13-14,20H,12H2,1-3H3,(H,27,32)(H,28,30)(H,33,34)(H,26,29,31)/t14-/m1/s1. The summed E-state index contributed by atoms with van der Waals surface area (Å²) in [5, 5.41) is 14.1. The lowest BCUT2D eigenvalue weighted by atomic mass is 9.98. The molecule has 11 heteroatoms. The lowest BCUT2D eigenvalue weighted by molar-refractivity contribution is -0.140. The number of carboxylic acids is 1. The van der Waals surface area contributed by atoms with E-state index < -0.39 is 35.3 Å². The van der Waals surface area contributed by atoms with Crippen molar-refractivity contribution in [1.29, 1.82) is 0 Å². The Kier molecular flexibility index (Phi) is 8.39. The number of amides is 2. The lowest BCUT2D eigenvalue weighted by Crippen LogP contribution is -2.36. The molecule has 0 saturated heterocycles. The zero-order chi connectivity index (χ0) is 26.2. The summed E-state index contributed by atoms with van der Waals surface area (Å²) in [4.78, 5) is 54.9. The number of carbonyl (C=O) groups excluding carboxylic acids is 2. The van der Waals surface area contributed by atoms with E-state index in [2.05, 4.69) is 20.6 Å². The molecule has 0 aliphatic rings. The van der Waals surface area contributed by atoms with Crippen LogP contribution >= 0.6 is 0 Å². The first-order valence-corrected chi connectivity index (χ1v) is 10.9. The van der Waals surface area contributed by atoms with Crippen molar-refractivity contribution in [3.63, 3.8) is 0 Å². The molecule has 1 heterocycles. The fourth-order valence-corrected chi connectivity index (χ4v) is 3.25. The highest BCUT2D eigenvalue weighted by atomic mass is 16.5. The molecule has 3 aromatic rings. The maximum absolute atomic E-state index is 13.1. The summed E-state index contributed by atoms with van der Waals surface area (Å²) in [5.41, 5.74) is 0.365. The summed E-state index contributed by atoms with van der Waals surface area (Å²) in [5.74, 6) is -2.41. The van der Waals surface area contributed by atoms with Gasteiger partial charge in [-0.1, -0.05) is 31.2 Å². The monoisotopic (exact) mass is 494 g/mol. The molecule has 0 aliphatic heterocycles. The van der Waals surface area contributed by atoms with Crippen molar-refractivity contribution in [2.24, 2.45) is 5.92 Å². The van der Waals surface area contributed by atoms with Crippen molar-refractivity contribution in [2.75, 3.05) is 20.8 Å². The van der Waals surface area contributed by atoms with Gasteiger partial charge in [0.2, 0.25) is 0 Å². The number of hydrogen-bond acceptors (Lipinski definition) is 7. The van der Waals surface area contributed by atoms with Crippen LogP contribution in [0.3, 0.4) is 0 Å². The SMILES string of the molecule is COc1ccc(C(NC(=O)c2cnc(C(=O)NC[C@@H](C)C(=O)O)[nH]c2=O)c2ccc(OC)cc2)cc1. The quantitative estimate of drug-likeness (QED) is 0.332. The topological polar surface area (TPSA) is 160 Å². The number of carbonyl (C=O) groups is 3. The Labute approximate surface area is 206 Å². The van der Waals surface area contributed by atoms with Crippen molar-refractivity contribution in [1.82, 2.24) is 20.6 Å². The third-order valence-electron chi connectivity index (χ3n) is 5.42. The first-order chi connectivity index (χ1) is 17.2. The molecule has 2 amide bonds. The Morgan fingerprint density at radius 3 is 1.92 bits per heavy atom. The van der Waals surface area contributed by atoms with Gasteiger partial charge in [0, 0.05) is 12.7 Å². The third-order valence-corrected chi connectivity index (χ3v) is 5.42. The van der Waals surface area contributed by atoms with Crippen molar-refractivity contribution in [3.8, 4) is 11.5 Å². The maximum atomic E-state index is 13.1. The van der Waals surface area contributed by atoms with Crippen LogP contribution in [0.4, 0.5) is 0 Å². The number of methoxy groups -OCH3 is 2. The fourth-order valence-electron chi connectivity index (χ4n) is 3.25. The van der Waals surface area contributed by atoms with Gasteiger partial charge in [0.1, 0.15) is 17.1 Å². The predicted molar refractivity (Wildman–Crippen MR) is 129 cm³/mol. The van der Waals surface area contributed by atoms with E-state index in [-0.39, 0.29) is 17.9 Å². The van der Waals surface area contributed by atoms with Crippen LogP contribution in [0.15, 0.2) is 59.5 Å². The van der Waals surface area contributed by atoms with Crippen LogP contribution in [-0.2, 0) is 4.79 Å². The summed E-state index contributed by atoms with van der Waals surface area (Å²) in [7, 11) is 3.10. The highest BCUT2D eigenvalue weighted by molar-refractivity contribution is 5.95. The zero-order valence-corrected chi connectivity index (χ0v) is 19.9. The number of aromatic nitrogens is 2. The lowest BCUT2D eigenvalue weighted by Gasteiger charge is -2.20. The number of benzene rings is 2. The van der Waals surface area contributed by atoms with Crippen LogP contribution in [0.5, 0.6) is 11.5 Å². The van der Waals surface area contributed by atoms with E-state index in [4.69, 9.17) is 14.6 Å². The Hall–Kier alpha value is -4.67. The average Bonchev–Trinajstić information content (AvgIpc) is 2.90. The smallest absolute Gasteiger partial charge is 0.308 e. The van der Waals surface area contributed by atoms with Gasteiger partial charge >= 0.3 is 5.97 Å². The highest BCUT2D eigenvalue weighted by Gasteiger charge is 2.22. The van der Waals surface area contributed by atoms with Gasteiger partial charge in [-0.05, 0) is 35.4 Å². The van der Waals surface area contributed by atoms with E-state index in [0.29, 0.717) is 11.5 Å². The molecule has 3 rings (SSSR count). The normalized spacial score (nSPS) is 11.4. The van der Waals surface area contributed by atoms with Crippen molar-refractivity contribution >= 4 is 17.8 Å². The fraction of sp³-hybridized carbons (Fsp3) is 0.240. The molecule has 11 nitrogen and oxygen atoms in total. The molecule has 1 aromatic heterocycles. The van der Waals surface area contributed by atoms with Crippen molar-refractivity contribution in [2.45, 2.75) is 13.0 Å². The Morgan fingerprint density at radius 2 is 1.47 bits per heavy atom. The van der Waals surface area contributed by atoms with Gasteiger partial charge in [-0.25, -0.2) is 4.98 Å². The van der Waals surface area contributed by atoms with E-state index in [0.717, 1.165) is 17.3 Å². The minimum absolute atomic E-state index is 0.147. The van der Waals surface area contributed by atoms with Crippen LogP contribution in [0.25, 0.3) is 0 Å². The number of aromatic amines is 1. The summed E-state index contributed by atoms with van der Waals surface area (Å²) in [6.07, 6.45) is 1.00. The Balaban J connectivity index is 1.83. The molecular weight excluding hydrogens is 468 g/mol. The van der Waals surface area contributed by atoms with Gasteiger partial charge in [-0.2, -0.15) is 0 Å². The molecule has 2 aromatic carbocycles. The molecule has 188 valence electrons. The predicted octanol–water partition coefficient (Wildman–Crippen LogP) is 1.76. The largest absolute Gasteiger partial charge is 0.497 e. The molecule has 36 heavy (non-hydrogen) atoms. The van der Waals surface area contributed by atoms with E-state index in [1.807, 2.05) is 0 Å². The van der Waals surface area contributed by atoms with Crippen molar-refractivity contribution in [3.05, 3.63) is 87.6 Å². The molecule has 4 N–H and O–H groups in total. The van der Waals surface area contributed by atoms with Crippen molar-refractivity contribution < 1.29 is 29.0 Å². The summed E-state index contributed by atoms with van der Waals surface area (Å²) in [6.45, 7) is 1.28. The molecular formula is C25H26N4O7. The molecule has 0 fully saturated rings. The van der Waals surface area contributed by atoms with E-state index in [9.17, 15) is 19.2 Å². The van der Waals surface area contributed by atoms with Gasteiger partial charge in [-0.3, -0.25) is 19.2 Å². The molecule has 0 spiro atoms. The van der Waals surface area contributed by atoms with Gasteiger partial charge in [0.15, 0.2) is 5.82 Å². The summed E-state index contributed by atoms with van der Waals surface area (Å²) < 4.78 is 10.4. The highest BCUT2D eigenvalue weighted by Crippen LogP contribution is 2.26. The number of rotatable bonds is 10. The van der Waals surface area contributed by atoms with E-state index in [1.54, 1.807) is 62.8 Å². The second kappa shape index (κ2) is 11.6. The molecule has 0 radical (unpaired) electrons. The first-order valence-electron chi connectivity index (χ1n) is 10.9. The summed E-state index contributed by atoms with van der Waals surface area (Å²) >= 11 is 0. The maximum Gasteiger partial charge on any atom is 0.308 e. The Morgan fingerprint density at radius 1 is 0.944 bits per heavy atom. The van der Waals surface area contributed by atoms with Gasteiger partial charge in [-0.15, -0.1) is 0 Å². The number of H-pyrrole nitrogens is 1. The molecule has 0 bridgehead atoms. The third kappa shape index (κ3) is 6.26. The van der Waals surface area contributed by atoms with E-state index >= 15 is 0 Å². The number of ether oxygens (including phenoxy) is 2. The number of aliphatic carboxylic acids is 1. The van der Waals surface area contributed by atoms with Crippen LogP contribution in [0, 0.1) is 5.92 Å². The minimum atomic E-state index is -1.08. The van der Waals surface area contributed by atoms with Crippen LogP contribution in [0.2, 0.25) is 0 Å². The average molecular weight is 495 g/mol. The van der Waals surface area contributed by atoms with Crippen LogP contribution in [0.1, 0.15) is 45.1 Å². The molecule has 1 atom stereocenters. The van der Waals surface area contributed by atoms with Crippen LogP contribution < -0.4 is 25.7 Å².